The van der Waals surface area contributed by atoms with Gasteiger partial charge in [0.05, 0.1) is 18.8 Å². The van der Waals surface area contributed by atoms with Crippen molar-refractivity contribution in [2.75, 3.05) is 45.9 Å². The number of morpholine rings is 1. The number of likely N-dealkylation sites (tertiary alicyclic amines) is 1. The molecule has 2 aliphatic heterocycles. The van der Waals surface area contributed by atoms with Crippen molar-refractivity contribution in [2.24, 2.45) is 0 Å². The summed E-state index contributed by atoms with van der Waals surface area (Å²) in [4.78, 5) is 28.6. The molecule has 0 aromatic heterocycles. The Hall–Kier alpha value is -2.16. The minimum atomic E-state index is -0.527. The molecule has 3 rings (SSSR count). The van der Waals surface area contributed by atoms with Gasteiger partial charge in [-0.25, -0.2) is 4.79 Å². The van der Waals surface area contributed by atoms with Crippen LogP contribution in [0.5, 0.6) is 0 Å². The van der Waals surface area contributed by atoms with Crippen LogP contribution < -0.4 is 10.6 Å². The van der Waals surface area contributed by atoms with E-state index < -0.39 is 11.7 Å². The number of fused-ring (bicyclic) bond motifs is 1. The van der Waals surface area contributed by atoms with Gasteiger partial charge in [-0.15, -0.1) is 0 Å². The molecule has 2 heterocycles. The first-order chi connectivity index (χ1) is 14.8. The van der Waals surface area contributed by atoms with Gasteiger partial charge in [-0.05, 0) is 26.3 Å². The van der Waals surface area contributed by atoms with Crippen molar-refractivity contribution in [3.63, 3.8) is 0 Å². The maximum absolute atomic E-state index is 12.2. The van der Waals surface area contributed by atoms with E-state index in [1.807, 2.05) is 26.8 Å². The van der Waals surface area contributed by atoms with Gasteiger partial charge >= 0.3 is 6.09 Å². The van der Waals surface area contributed by atoms with Crippen molar-refractivity contribution in [3.05, 3.63) is 35.9 Å². The number of hydrogen-bond acceptors (Lipinski definition) is 6. The van der Waals surface area contributed by atoms with Crippen LogP contribution in [0, 0.1) is 0 Å². The topological polar surface area (TPSA) is 83.1 Å². The minimum Gasteiger partial charge on any atom is -0.444 e. The summed E-state index contributed by atoms with van der Waals surface area (Å²) in [6.07, 6.45) is 0.171. The second kappa shape index (κ2) is 10.9. The van der Waals surface area contributed by atoms with Gasteiger partial charge in [0.25, 0.3) is 0 Å². The van der Waals surface area contributed by atoms with Crippen molar-refractivity contribution in [1.82, 2.24) is 20.4 Å². The molecule has 0 bridgehead atoms. The first-order valence-electron chi connectivity index (χ1n) is 11.2. The molecule has 0 radical (unpaired) electrons. The molecule has 2 aliphatic rings. The van der Waals surface area contributed by atoms with Crippen LogP contribution in [-0.2, 0) is 20.8 Å². The number of amides is 2. The van der Waals surface area contributed by atoms with E-state index in [-0.39, 0.29) is 12.0 Å². The quantitative estimate of drug-likeness (QED) is 0.608. The molecule has 0 aliphatic carbocycles. The van der Waals surface area contributed by atoms with Crippen LogP contribution in [0.3, 0.4) is 0 Å². The van der Waals surface area contributed by atoms with Crippen LogP contribution in [0.2, 0.25) is 0 Å². The number of rotatable bonds is 8. The lowest BCUT2D eigenvalue weighted by molar-refractivity contribution is -0.121. The minimum absolute atomic E-state index is 0.0112. The number of ether oxygens (including phenoxy) is 2. The lowest BCUT2D eigenvalue weighted by atomic mass is 10.1. The predicted molar refractivity (Wildman–Crippen MR) is 119 cm³/mol. The molecule has 2 saturated heterocycles. The molecule has 2 N–H and O–H groups in total. The van der Waals surface area contributed by atoms with E-state index in [0.717, 1.165) is 32.8 Å². The zero-order valence-corrected chi connectivity index (χ0v) is 18.9. The van der Waals surface area contributed by atoms with Crippen LogP contribution >= 0.6 is 0 Å². The third kappa shape index (κ3) is 7.79. The summed E-state index contributed by atoms with van der Waals surface area (Å²) in [6, 6.07) is 10.9. The molecule has 8 nitrogen and oxygen atoms in total. The summed E-state index contributed by atoms with van der Waals surface area (Å²) in [5.74, 6) is -0.0112. The highest BCUT2D eigenvalue weighted by Crippen LogP contribution is 2.24. The maximum Gasteiger partial charge on any atom is 0.407 e. The highest BCUT2D eigenvalue weighted by molar-refractivity contribution is 5.76. The van der Waals surface area contributed by atoms with Crippen LogP contribution in [0.15, 0.2) is 30.3 Å². The fraction of sp³-hybridized carbons (Fsp3) is 0.652. The molecule has 2 fully saturated rings. The van der Waals surface area contributed by atoms with E-state index >= 15 is 0 Å². The number of benzene rings is 1. The average molecular weight is 433 g/mol. The molecule has 2 amide bonds. The molecule has 0 unspecified atom stereocenters. The standard InChI is InChI=1S/C23H36N4O4/c1-23(2,3)31-22(29)25-11-10-24-21(28)9-12-26-16-19-20(17-26)30-14-13-27(19)15-18-7-5-4-6-8-18/h4-8,19-20H,9-17H2,1-3H3,(H,24,28)(H,25,29)/t19-,20+/m1/s1. The third-order valence-corrected chi connectivity index (χ3v) is 5.49. The third-order valence-electron chi connectivity index (χ3n) is 5.49. The number of alkyl carbamates (subject to hydrolysis) is 1. The zero-order valence-electron chi connectivity index (χ0n) is 18.9. The summed E-state index contributed by atoms with van der Waals surface area (Å²) in [6.45, 7) is 11.3. The smallest absolute Gasteiger partial charge is 0.407 e. The van der Waals surface area contributed by atoms with Gasteiger partial charge in [0.15, 0.2) is 0 Å². The van der Waals surface area contributed by atoms with Crippen molar-refractivity contribution in [1.29, 1.82) is 0 Å². The summed E-state index contributed by atoms with van der Waals surface area (Å²) >= 11 is 0. The lowest BCUT2D eigenvalue weighted by Crippen LogP contribution is -2.50. The van der Waals surface area contributed by atoms with Crippen LogP contribution in [0.25, 0.3) is 0 Å². The van der Waals surface area contributed by atoms with Crippen LogP contribution in [0.4, 0.5) is 4.79 Å². The van der Waals surface area contributed by atoms with Crippen molar-refractivity contribution in [2.45, 2.75) is 51.5 Å². The van der Waals surface area contributed by atoms with E-state index in [0.29, 0.717) is 32.1 Å². The Morgan fingerprint density at radius 1 is 1.13 bits per heavy atom. The Morgan fingerprint density at radius 2 is 1.87 bits per heavy atom. The Labute approximate surface area is 185 Å². The number of nitrogens with one attached hydrogen (secondary N) is 2. The normalized spacial score (nSPS) is 22.0. The second-order valence-corrected chi connectivity index (χ2v) is 9.22. The average Bonchev–Trinajstić information content (AvgIpc) is 3.13. The molecule has 172 valence electrons. The molecular weight excluding hydrogens is 396 g/mol. The van der Waals surface area contributed by atoms with Gasteiger partial charge in [-0.3, -0.25) is 14.6 Å². The molecule has 31 heavy (non-hydrogen) atoms. The summed E-state index contributed by atoms with van der Waals surface area (Å²) in [5, 5.41) is 5.49. The maximum atomic E-state index is 12.2. The number of nitrogens with zero attached hydrogens (tertiary/aromatic N) is 2. The molecule has 0 saturated carbocycles. The highest BCUT2D eigenvalue weighted by Gasteiger charge is 2.39. The van der Waals surface area contributed by atoms with Gasteiger partial charge < -0.3 is 20.1 Å². The summed E-state index contributed by atoms with van der Waals surface area (Å²) in [7, 11) is 0. The largest absolute Gasteiger partial charge is 0.444 e. The Morgan fingerprint density at radius 3 is 2.61 bits per heavy atom. The van der Waals surface area contributed by atoms with E-state index in [9.17, 15) is 9.59 Å². The summed E-state index contributed by atoms with van der Waals surface area (Å²) in [5.41, 5.74) is 0.793. The van der Waals surface area contributed by atoms with Gasteiger partial charge in [-0.1, -0.05) is 30.3 Å². The highest BCUT2D eigenvalue weighted by atomic mass is 16.6. The van der Waals surface area contributed by atoms with Crippen molar-refractivity contribution >= 4 is 12.0 Å². The molecular formula is C23H36N4O4. The Kier molecular flexibility index (Phi) is 8.28. The van der Waals surface area contributed by atoms with E-state index in [2.05, 4.69) is 44.7 Å². The van der Waals surface area contributed by atoms with Gasteiger partial charge in [0.2, 0.25) is 5.91 Å². The molecule has 2 atom stereocenters. The second-order valence-electron chi connectivity index (χ2n) is 9.22. The number of carbonyl (C=O) groups is 2. The predicted octanol–water partition coefficient (Wildman–Crippen LogP) is 1.60. The summed E-state index contributed by atoms with van der Waals surface area (Å²) < 4.78 is 11.2. The molecule has 1 aromatic carbocycles. The molecule has 0 spiro atoms. The SMILES string of the molecule is CC(C)(C)OC(=O)NCCNC(=O)CCN1C[C@@H]2OCCN(Cc3ccccc3)[C@@H]2C1. The first-order valence-corrected chi connectivity index (χ1v) is 11.2. The van der Waals surface area contributed by atoms with Gasteiger partial charge in [0, 0.05) is 52.2 Å². The first kappa shape index (κ1) is 23.5. The van der Waals surface area contributed by atoms with Gasteiger partial charge in [0.1, 0.15) is 5.60 Å². The van der Waals surface area contributed by atoms with Gasteiger partial charge in [-0.2, -0.15) is 0 Å². The fourth-order valence-electron chi connectivity index (χ4n) is 4.06. The monoisotopic (exact) mass is 432 g/mol. The fourth-order valence-corrected chi connectivity index (χ4v) is 4.06. The van der Waals surface area contributed by atoms with E-state index in [1.165, 1.54) is 5.56 Å². The number of carbonyl (C=O) groups excluding carboxylic acids is 2. The number of hydrogen-bond donors (Lipinski definition) is 2. The zero-order chi connectivity index (χ0) is 22.3. The van der Waals surface area contributed by atoms with Crippen LogP contribution in [0.1, 0.15) is 32.8 Å². The van der Waals surface area contributed by atoms with E-state index in [1.54, 1.807) is 0 Å². The Bertz CT molecular complexity index is 722. The van der Waals surface area contributed by atoms with Crippen molar-refractivity contribution in [3.8, 4) is 0 Å². The Balaban J connectivity index is 1.34. The van der Waals surface area contributed by atoms with Crippen molar-refractivity contribution < 1.29 is 19.1 Å². The molecule has 1 aromatic rings. The lowest BCUT2D eigenvalue weighted by Gasteiger charge is -2.37. The van der Waals surface area contributed by atoms with E-state index in [4.69, 9.17) is 9.47 Å². The van der Waals surface area contributed by atoms with Crippen LogP contribution in [-0.4, -0.2) is 85.4 Å². The molecule has 8 heteroatoms.